The van der Waals surface area contributed by atoms with Crippen LogP contribution in [0.1, 0.15) is 41.4 Å². The van der Waals surface area contributed by atoms with Crippen LogP contribution in [0.15, 0.2) is 59.5 Å². The van der Waals surface area contributed by atoms with Crippen LogP contribution in [0, 0.1) is 11.3 Å². The zero-order valence-electron chi connectivity index (χ0n) is 25.4. The van der Waals surface area contributed by atoms with Gasteiger partial charge < -0.3 is 39.0 Å². The normalized spacial score (nSPS) is 24.8. The Morgan fingerprint density at radius 2 is 2.04 bits per heavy atom. The van der Waals surface area contributed by atoms with E-state index in [1.807, 2.05) is 6.07 Å². The van der Waals surface area contributed by atoms with Crippen LogP contribution in [-0.2, 0) is 29.7 Å². The first kappa shape index (κ1) is 35.4. The average Bonchev–Trinajstić information content (AvgIpc) is 3.67. The van der Waals surface area contributed by atoms with E-state index in [2.05, 4.69) is 10.3 Å². The van der Waals surface area contributed by atoms with E-state index in [0.717, 1.165) is 4.57 Å². The first-order valence-electron chi connectivity index (χ1n) is 14.7. The summed E-state index contributed by atoms with van der Waals surface area (Å²) >= 11 is 6.34. The van der Waals surface area contributed by atoms with E-state index in [0.29, 0.717) is 30.8 Å². The molecule has 18 heteroatoms. The van der Waals surface area contributed by atoms with Gasteiger partial charge in [0.1, 0.15) is 23.4 Å². The number of aliphatic hydroxyl groups excluding tert-OH is 1. The van der Waals surface area contributed by atoms with Crippen LogP contribution >= 0.6 is 19.4 Å². The summed E-state index contributed by atoms with van der Waals surface area (Å²) in [4.78, 5) is 40.7. The Morgan fingerprint density at radius 1 is 1.27 bits per heavy atom. The third-order valence-electron chi connectivity index (χ3n) is 7.51. The second kappa shape index (κ2) is 15.1. The number of aryl methyl sites for hydroxylation is 1. The number of ether oxygens (including phenoxy) is 4. The number of phosphoric ester groups is 1. The first-order chi connectivity index (χ1) is 23.0. The number of carbonyl (C=O) groups is 1. The highest BCUT2D eigenvalue weighted by Crippen LogP contribution is 2.54. The van der Waals surface area contributed by atoms with Gasteiger partial charge in [0.05, 0.1) is 24.8 Å². The molecule has 2 unspecified atom stereocenters. The molecule has 0 radical (unpaired) electrons. The van der Waals surface area contributed by atoms with E-state index in [1.54, 1.807) is 18.2 Å². The molecular formula is C30H32ClN4O12P. The molecule has 2 fully saturated rings. The number of hydrogen-bond donors (Lipinski definition) is 4. The van der Waals surface area contributed by atoms with Crippen molar-refractivity contribution in [2.75, 3.05) is 25.6 Å². The lowest BCUT2D eigenvalue weighted by molar-refractivity contribution is -0.266. The molecule has 0 saturated carbocycles. The first-order valence-corrected chi connectivity index (χ1v) is 16.5. The number of carbonyl (C=O) groups excluding carboxylic acids is 1. The maximum absolute atomic E-state index is 13.4. The molecule has 2 aliphatic rings. The fourth-order valence-corrected chi connectivity index (χ4v) is 6.49. The molecule has 6 atom stereocenters. The Balaban J connectivity index is 1.41. The quantitative estimate of drug-likeness (QED) is 0.148. The van der Waals surface area contributed by atoms with E-state index in [1.165, 1.54) is 43.6 Å². The van der Waals surface area contributed by atoms with Crippen molar-refractivity contribution >= 4 is 31.1 Å². The van der Waals surface area contributed by atoms with Crippen molar-refractivity contribution in [1.29, 1.82) is 5.26 Å². The predicted molar refractivity (Wildman–Crippen MR) is 166 cm³/mol. The predicted octanol–water partition coefficient (Wildman–Crippen LogP) is 2.91. The Kier molecular flexibility index (Phi) is 11.2. The second-order valence-electron chi connectivity index (χ2n) is 10.7. The molecule has 1 amide bonds. The molecule has 0 spiro atoms. The van der Waals surface area contributed by atoms with Gasteiger partial charge in [-0.05, 0) is 54.8 Å². The average molecular weight is 707 g/mol. The van der Waals surface area contributed by atoms with Gasteiger partial charge in [0, 0.05) is 31.2 Å². The highest BCUT2D eigenvalue weighted by molar-refractivity contribution is 7.47. The van der Waals surface area contributed by atoms with E-state index in [4.69, 9.17) is 44.9 Å². The Labute approximate surface area is 278 Å². The molecule has 2 saturated heterocycles. The molecular weight excluding hydrogens is 675 g/mol. The summed E-state index contributed by atoms with van der Waals surface area (Å²) < 4.78 is 47.1. The monoisotopic (exact) mass is 706 g/mol. The van der Waals surface area contributed by atoms with Gasteiger partial charge in [-0.25, -0.2) is 13.9 Å². The number of hydrogen-bond acceptors (Lipinski definition) is 13. The van der Waals surface area contributed by atoms with Crippen molar-refractivity contribution in [3.8, 4) is 17.6 Å². The molecule has 1 aromatic heterocycles. The lowest BCUT2D eigenvalue weighted by Gasteiger charge is -2.34. The summed E-state index contributed by atoms with van der Waals surface area (Å²) in [5, 5.41) is 33.4. The maximum atomic E-state index is 13.4. The van der Waals surface area contributed by atoms with Gasteiger partial charge in [-0.15, -0.1) is 0 Å². The fraction of sp³-hybridized carbons (Fsp3) is 0.400. The zero-order chi connectivity index (χ0) is 34.5. The summed E-state index contributed by atoms with van der Waals surface area (Å²) in [6.07, 6.45) is -3.53. The molecule has 2 aliphatic heterocycles. The Bertz CT molecular complexity index is 1760. The summed E-state index contributed by atoms with van der Waals surface area (Å²) in [6, 6.07) is 13.9. The second-order valence-corrected chi connectivity index (χ2v) is 12.4. The van der Waals surface area contributed by atoms with Gasteiger partial charge in [-0.2, -0.15) is 10.2 Å². The number of aliphatic hydroxyl groups is 2. The molecule has 5 rings (SSSR count). The Hall–Kier alpha value is -3.88. The van der Waals surface area contributed by atoms with E-state index in [-0.39, 0.29) is 35.0 Å². The number of halogens is 1. The Morgan fingerprint density at radius 3 is 2.69 bits per heavy atom. The number of benzene rings is 2. The van der Waals surface area contributed by atoms with Crippen molar-refractivity contribution in [3.05, 3.63) is 81.4 Å². The number of methoxy groups -OCH3 is 1. The minimum absolute atomic E-state index is 0.0548. The third kappa shape index (κ3) is 7.87. The summed E-state index contributed by atoms with van der Waals surface area (Å²) in [7, 11) is -3.81. The van der Waals surface area contributed by atoms with Crippen molar-refractivity contribution in [3.63, 3.8) is 0 Å². The van der Waals surface area contributed by atoms with Crippen molar-refractivity contribution < 1.29 is 52.5 Å². The number of amides is 1. The SMILES string of the molecule is COc1ccc(C(=O)Nc2ccn([C@@H]3O[C@H](CO)[C@](O)(OP(=O)(O)Oc4cccc(CCC#N)c4Cl)[C@H]3OC3CCCO3)c(=O)n2)cc1. The minimum Gasteiger partial charge on any atom is -0.497 e. The van der Waals surface area contributed by atoms with Crippen LogP contribution in [0.5, 0.6) is 11.5 Å². The maximum Gasteiger partial charge on any atom is 0.530 e. The van der Waals surface area contributed by atoms with Crippen LogP contribution in [0.2, 0.25) is 5.02 Å². The van der Waals surface area contributed by atoms with Gasteiger partial charge >= 0.3 is 13.5 Å². The zero-order valence-corrected chi connectivity index (χ0v) is 27.1. The molecule has 4 N–H and O–H groups in total. The van der Waals surface area contributed by atoms with Gasteiger partial charge in [-0.1, -0.05) is 23.7 Å². The molecule has 48 heavy (non-hydrogen) atoms. The van der Waals surface area contributed by atoms with Gasteiger partial charge in [0.2, 0.25) is 5.79 Å². The molecule has 256 valence electrons. The fourth-order valence-electron chi connectivity index (χ4n) is 5.15. The van der Waals surface area contributed by atoms with Gasteiger partial charge in [0.25, 0.3) is 5.91 Å². The van der Waals surface area contributed by atoms with Crippen LogP contribution in [-0.4, -0.2) is 75.2 Å². The molecule has 3 heterocycles. The molecule has 0 aliphatic carbocycles. The van der Waals surface area contributed by atoms with Crippen LogP contribution in [0.3, 0.4) is 0 Å². The number of nitrogens with zero attached hydrogens (tertiary/aromatic N) is 3. The summed E-state index contributed by atoms with van der Waals surface area (Å²) in [5.74, 6) is -3.30. The highest BCUT2D eigenvalue weighted by Gasteiger charge is 2.63. The standard InChI is InChI=1S/C30H32ClN4O12P/c1-42-20-11-9-19(10-12-20)27(37)33-23-13-15-35(29(38)34-23)28-26(45-24-8-4-16-43-24)30(39,22(17-36)44-28)47-48(40,41)46-21-7-2-5-18(25(21)31)6-3-14-32/h2,5,7,9-13,15,22,24,26,28,36,39H,3-4,6,8,16-17H2,1H3,(H,40,41)(H,33,34,37,38)/t22-,24?,26+,28-,30+/m1/s1. The van der Waals surface area contributed by atoms with Crippen LogP contribution < -0.4 is 20.3 Å². The van der Waals surface area contributed by atoms with Crippen LogP contribution in [0.25, 0.3) is 0 Å². The number of phosphoric acid groups is 1. The number of nitrogens with one attached hydrogen (secondary N) is 1. The summed E-state index contributed by atoms with van der Waals surface area (Å²) in [5.41, 5.74) is -0.245. The van der Waals surface area contributed by atoms with E-state index >= 15 is 0 Å². The van der Waals surface area contributed by atoms with E-state index in [9.17, 15) is 29.3 Å². The number of rotatable bonds is 13. The van der Waals surface area contributed by atoms with Gasteiger partial charge in [-0.3, -0.25) is 14.3 Å². The molecule has 3 aromatic rings. The molecule has 0 bridgehead atoms. The van der Waals surface area contributed by atoms with Crippen molar-refractivity contribution in [2.24, 2.45) is 0 Å². The number of anilines is 1. The number of nitriles is 1. The van der Waals surface area contributed by atoms with Crippen molar-refractivity contribution in [2.45, 2.75) is 56.2 Å². The van der Waals surface area contributed by atoms with Crippen LogP contribution in [0.4, 0.5) is 5.82 Å². The lowest BCUT2D eigenvalue weighted by Crippen LogP contribution is -2.53. The largest absolute Gasteiger partial charge is 0.530 e. The lowest BCUT2D eigenvalue weighted by atomic mass is 10.1. The number of aromatic nitrogens is 2. The third-order valence-corrected chi connectivity index (χ3v) is 8.89. The van der Waals surface area contributed by atoms with Gasteiger partial charge in [0.15, 0.2) is 18.6 Å². The van der Waals surface area contributed by atoms with E-state index < -0.39 is 56.5 Å². The highest BCUT2D eigenvalue weighted by atomic mass is 35.5. The summed E-state index contributed by atoms with van der Waals surface area (Å²) in [6.45, 7) is -0.640. The van der Waals surface area contributed by atoms with Crippen molar-refractivity contribution in [1.82, 2.24) is 9.55 Å². The smallest absolute Gasteiger partial charge is 0.497 e. The molecule has 2 aromatic carbocycles. The minimum atomic E-state index is -5.29. The molecule has 16 nitrogen and oxygen atoms in total. The topological polar surface area (TPSA) is 221 Å².